The average Bonchev–Trinajstić information content (AvgIpc) is 2.82. The Morgan fingerprint density at radius 2 is 2.09 bits per heavy atom. The van der Waals surface area contributed by atoms with Crippen LogP contribution in [0.25, 0.3) is 0 Å². The first-order valence-electron chi connectivity index (χ1n) is 7.30. The molecule has 1 amide bonds. The van der Waals surface area contributed by atoms with E-state index in [0.717, 1.165) is 11.3 Å². The minimum absolute atomic E-state index is 0.0507. The van der Waals surface area contributed by atoms with Crippen LogP contribution in [0.3, 0.4) is 0 Å². The Morgan fingerprint density at radius 1 is 1.36 bits per heavy atom. The molecule has 1 unspecified atom stereocenters. The lowest BCUT2D eigenvalue weighted by Crippen LogP contribution is -2.32. The average molecular weight is 302 g/mol. The standard InChI is InChI=1S/C16H22N4O2/c1-12-10-15(20(2)19-12)18-16(22)11-17-14(8-9-21)13-6-4-3-5-7-13/h3-7,10,14,17,21H,8-9,11H2,1-2H3,(H,18,22). The molecule has 1 atom stereocenters. The van der Waals surface area contributed by atoms with E-state index in [-0.39, 0.29) is 25.1 Å². The predicted octanol–water partition coefficient (Wildman–Crippen LogP) is 1.38. The van der Waals surface area contributed by atoms with Crippen molar-refractivity contribution in [1.82, 2.24) is 15.1 Å². The highest BCUT2D eigenvalue weighted by atomic mass is 16.3. The number of hydrogen-bond donors (Lipinski definition) is 3. The van der Waals surface area contributed by atoms with Gasteiger partial charge in [-0.25, -0.2) is 0 Å². The molecule has 0 aliphatic carbocycles. The fourth-order valence-corrected chi connectivity index (χ4v) is 2.33. The Bertz CT molecular complexity index is 610. The van der Waals surface area contributed by atoms with Crippen molar-refractivity contribution in [1.29, 1.82) is 0 Å². The summed E-state index contributed by atoms with van der Waals surface area (Å²) in [4.78, 5) is 12.0. The van der Waals surface area contributed by atoms with Crippen LogP contribution in [0.5, 0.6) is 0 Å². The van der Waals surface area contributed by atoms with Crippen molar-refractivity contribution in [2.75, 3.05) is 18.5 Å². The van der Waals surface area contributed by atoms with Crippen LogP contribution in [0.4, 0.5) is 5.82 Å². The molecule has 0 saturated carbocycles. The quantitative estimate of drug-likeness (QED) is 0.722. The summed E-state index contributed by atoms with van der Waals surface area (Å²) in [5.74, 6) is 0.532. The molecule has 3 N–H and O–H groups in total. The number of aliphatic hydroxyl groups excluding tert-OH is 1. The third-order valence-corrected chi connectivity index (χ3v) is 3.40. The predicted molar refractivity (Wildman–Crippen MR) is 85.5 cm³/mol. The van der Waals surface area contributed by atoms with Crippen molar-refractivity contribution < 1.29 is 9.90 Å². The summed E-state index contributed by atoms with van der Waals surface area (Å²) in [6.45, 7) is 2.11. The van der Waals surface area contributed by atoms with Gasteiger partial charge in [0.2, 0.25) is 5.91 Å². The maximum absolute atomic E-state index is 12.0. The molecule has 22 heavy (non-hydrogen) atoms. The normalized spacial score (nSPS) is 12.1. The number of carbonyl (C=O) groups is 1. The zero-order valence-corrected chi connectivity index (χ0v) is 12.9. The third kappa shape index (κ3) is 4.41. The number of hydrogen-bond acceptors (Lipinski definition) is 4. The van der Waals surface area contributed by atoms with Gasteiger partial charge in [-0.3, -0.25) is 9.48 Å². The second kappa shape index (κ2) is 7.72. The Hall–Kier alpha value is -2.18. The van der Waals surface area contributed by atoms with Crippen LogP contribution >= 0.6 is 0 Å². The van der Waals surface area contributed by atoms with Crippen molar-refractivity contribution in [3.8, 4) is 0 Å². The van der Waals surface area contributed by atoms with Gasteiger partial charge in [-0.15, -0.1) is 0 Å². The zero-order valence-electron chi connectivity index (χ0n) is 12.9. The first kappa shape index (κ1) is 16.2. The van der Waals surface area contributed by atoms with Crippen LogP contribution in [-0.2, 0) is 11.8 Å². The van der Waals surface area contributed by atoms with E-state index in [1.165, 1.54) is 0 Å². The fraction of sp³-hybridized carbons (Fsp3) is 0.375. The molecule has 0 aliphatic heterocycles. The molecule has 0 radical (unpaired) electrons. The number of anilines is 1. The molecule has 1 aromatic heterocycles. The highest BCUT2D eigenvalue weighted by Crippen LogP contribution is 2.15. The van der Waals surface area contributed by atoms with Crippen molar-refractivity contribution in [2.45, 2.75) is 19.4 Å². The van der Waals surface area contributed by atoms with E-state index in [1.807, 2.05) is 43.3 Å². The maximum atomic E-state index is 12.0. The van der Waals surface area contributed by atoms with Crippen molar-refractivity contribution >= 4 is 11.7 Å². The van der Waals surface area contributed by atoms with Gasteiger partial charge in [0.25, 0.3) is 0 Å². The minimum Gasteiger partial charge on any atom is -0.396 e. The molecule has 0 bridgehead atoms. The highest BCUT2D eigenvalue weighted by molar-refractivity contribution is 5.91. The topological polar surface area (TPSA) is 79.2 Å². The van der Waals surface area contributed by atoms with Crippen molar-refractivity contribution in [3.05, 3.63) is 47.7 Å². The summed E-state index contributed by atoms with van der Waals surface area (Å²) < 4.78 is 1.63. The summed E-state index contributed by atoms with van der Waals surface area (Å²) in [6, 6.07) is 11.6. The lowest BCUT2D eigenvalue weighted by Gasteiger charge is -2.18. The number of aliphatic hydroxyl groups is 1. The molecule has 6 nitrogen and oxygen atoms in total. The summed E-state index contributed by atoms with van der Waals surface area (Å²) in [6.07, 6.45) is 0.558. The molecular weight excluding hydrogens is 280 g/mol. The summed E-state index contributed by atoms with van der Waals surface area (Å²) >= 11 is 0. The number of carbonyl (C=O) groups excluding carboxylic acids is 1. The summed E-state index contributed by atoms with van der Waals surface area (Å²) in [5, 5.41) is 19.4. The third-order valence-electron chi connectivity index (χ3n) is 3.40. The van der Waals surface area contributed by atoms with E-state index in [4.69, 9.17) is 0 Å². The summed E-state index contributed by atoms with van der Waals surface area (Å²) in [5.41, 5.74) is 1.91. The number of benzene rings is 1. The molecule has 2 rings (SSSR count). The van der Waals surface area contributed by atoms with Gasteiger partial charge < -0.3 is 15.7 Å². The van der Waals surface area contributed by atoms with E-state index in [9.17, 15) is 9.90 Å². The van der Waals surface area contributed by atoms with E-state index in [0.29, 0.717) is 12.2 Å². The van der Waals surface area contributed by atoms with Gasteiger partial charge in [0, 0.05) is 25.8 Å². The van der Waals surface area contributed by atoms with Gasteiger partial charge in [-0.1, -0.05) is 30.3 Å². The van der Waals surface area contributed by atoms with E-state index >= 15 is 0 Å². The van der Waals surface area contributed by atoms with Gasteiger partial charge in [-0.2, -0.15) is 5.10 Å². The molecule has 0 saturated heterocycles. The van der Waals surface area contributed by atoms with Gasteiger partial charge >= 0.3 is 0 Å². The molecular formula is C16H22N4O2. The maximum Gasteiger partial charge on any atom is 0.239 e. The smallest absolute Gasteiger partial charge is 0.239 e. The summed E-state index contributed by atoms with van der Waals surface area (Å²) in [7, 11) is 1.79. The minimum atomic E-state index is -0.137. The van der Waals surface area contributed by atoms with Gasteiger partial charge in [0.1, 0.15) is 5.82 Å². The zero-order chi connectivity index (χ0) is 15.9. The Balaban J connectivity index is 1.92. The van der Waals surface area contributed by atoms with E-state index in [1.54, 1.807) is 11.7 Å². The molecule has 0 aliphatic rings. The molecule has 1 heterocycles. The second-order valence-electron chi connectivity index (χ2n) is 5.20. The number of rotatable bonds is 7. The van der Waals surface area contributed by atoms with Crippen LogP contribution in [0.2, 0.25) is 0 Å². The van der Waals surface area contributed by atoms with E-state index < -0.39 is 0 Å². The molecule has 0 spiro atoms. The highest BCUT2D eigenvalue weighted by Gasteiger charge is 2.13. The van der Waals surface area contributed by atoms with Crippen molar-refractivity contribution in [3.63, 3.8) is 0 Å². The van der Waals surface area contributed by atoms with Crippen molar-refractivity contribution in [2.24, 2.45) is 7.05 Å². The van der Waals surface area contributed by atoms with Gasteiger partial charge in [0.15, 0.2) is 0 Å². The number of nitrogens with zero attached hydrogens (tertiary/aromatic N) is 2. The van der Waals surface area contributed by atoms with Crippen LogP contribution in [-0.4, -0.2) is 33.9 Å². The molecule has 118 valence electrons. The first-order valence-corrected chi connectivity index (χ1v) is 7.30. The van der Waals surface area contributed by atoms with Crippen LogP contribution in [0, 0.1) is 6.92 Å². The Labute approximate surface area is 130 Å². The number of aryl methyl sites for hydroxylation is 2. The number of amides is 1. The Kier molecular flexibility index (Phi) is 5.68. The number of nitrogens with one attached hydrogen (secondary N) is 2. The molecule has 2 aromatic rings. The Morgan fingerprint density at radius 3 is 2.68 bits per heavy atom. The molecule has 6 heteroatoms. The second-order valence-corrected chi connectivity index (χ2v) is 5.20. The van der Waals surface area contributed by atoms with Crippen LogP contribution in [0.15, 0.2) is 36.4 Å². The fourth-order valence-electron chi connectivity index (χ4n) is 2.33. The first-order chi connectivity index (χ1) is 10.6. The van der Waals surface area contributed by atoms with Gasteiger partial charge in [0.05, 0.1) is 12.2 Å². The van der Waals surface area contributed by atoms with Crippen LogP contribution in [0.1, 0.15) is 23.7 Å². The lowest BCUT2D eigenvalue weighted by molar-refractivity contribution is -0.115. The van der Waals surface area contributed by atoms with Gasteiger partial charge in [-0.05, 0) is 18.9 Å². The SMILES string of the molecule is Cc1cc(NC(=O)CNC(CCO)c2ccccc2)n(C)n1. The van der Waals surface area contributed by atoms with E-state index in [2.05, 4.69) is 15.7 Å². The monoisotopic (exact) mass is 302 g/mol. The lowest BCUT2D eigenvalue weighted by atomic mass is 10.0. The molecule has 1 aromatic carbocycles. The molecule has 0 fully saturated rings. The largest absolute Gasteiger partial charge is 0.396 e. The van der Waals surface area contributed by atoms with Crippen LogP contribution < -0.4 is 10.6 Å². The number of aromatic nitrogens is 2.